The van der Waals surface area contributed by atoms with Crippen LogP contribution in [-0.4, -0.2) is 17.5 Å². The topological polar surface area (TPSA) is 29.3 Å². The van der Waals surface area contributed by atoms with E-state index in [0.717, 1.165) is 18.0 Å². The average molecular weight is 253 g/mol. The van der Waals surface area contributed by atoms with Crippen molar-refractivity contribution in [3.63, 3.8) is 0 Å². The molecule has 0 saturated carbocycles. The van der Waals surface area contributed by atoms with Gasteiger partial charge in [0.25, 0.3) is 0 Å². The molecule has 2 rings (SSSR count). The molecule has 0 aromatic heterocycles. The number of rotatable bonds is 3. The number of fused-ring (bicyclic) bond motifs is 1. The standard InChI is InChI=1S/C14H21ClN2/c1-4-9(2)17-8-12-10(3)13(15)6-5-11(12)14(17)7-16/h5-6,9,14H,4,7-8,16H2,1-3H3. The van der Waals surface area contributed by atoms with Crippen LogP contribution in [0.25, 0.3) is 0 Å². The third-order valence-corrected chi connectivity index (χ3v) is 4.46. The molecule has 0 fully saturated rings. The summed E-state index contributed by atoms with van der Waals surface area (Å²) in [7, 11) is 0. The van der Waals surface area contributed by atoms with Gasteiger partial charge in [0.2, 0.25) is 0 Å². The largest absolute Gasteiger partial charge is 0.329 e. The van der Waals surface area contributed by atoms with Gasteiger partial charge in [-0.3, -0.25) is 4.90 Å². The van der Waals surface area contributed by atoms with Crippen LogP contribution in [-0.2, 0) is 6.54 Å². The SMILES string of the molecule is CCC(C)N1Cc2c(ccc(Cl)c2C)C1CN. The third-order valence-electron chi connectivity index (χ3n) is 4.05. The molecule has 2 N–H and O–H groups in total. The molecule has 1 aromatic carbocycles. The number of benzene rings is 1. The number of nitrogens with two attached hydrogens (primary N) is 1. The van der Waals surface area contributed by atoms with Gasteiger partial charge >= 0.3 is 0 Å². The fourth-order valence-corrected chi connectivity index (χ4v) is 2.88. The first-order valence-electron chi connectivity index (χ1n) is 6.33. The lowest BCUT2D eigenvalue weighted by Crippen LogP contribution is -2.34. The van der Waals surface area contributed by atoms with E-state index in [0.29, 0.717) is 18.6 Å². The summed E-state index contributed by atoms with van der Waals surface area (Å²) in [4.78, 5) is 2.49. The molecule has 94 valence electrons. The fourth-order valence-electron chi connectivity index (χ4n) is 2.70. The maximum absolute atomic E-state index is 6.19. The molecule has 0 aliphatic carbocycles. The van der Waals surface area contributed by atoms with Crippen molar-refractivity contribution in [2.24, 2.45) is 5.73 Å². The summed E-state index contributed by atoms with van der Waals surface area (Å²) in [5, 5.41) is 0.866. The molecule has 3 heteroatoms. The molecule has 0 saturated heterocycles. The highest BCUT2D eigenvalue weighted by Gasteiger charge is 2.32. The van der Waals surface area contributed by atoms with Crippen molar-refractivity contribution in [2.45, 2.75) is 45.8 Å². The predicted octanol–water partition coefficient (Wildman–Crippen LogP) is 3.26. The van der Waals surface area contributed by atoms with E-state index in [1.807, 2.05) is 6.07 Å². The van der Waals surface area contributed by atoms with Gasteiger partial charge in [0.15, 0.2) is 0 Å². The minimum atomic E-state index is 0.357. The molecule has 1 aliphatic rings. The van der Waals surface area contributed by atoms with E-state index < -0.39 is 0 Å². The van der Waals surface area contributed by atoms with E-state index in [2.05, 4.69) is 31.7 Å². The molecular weight excluding hydrogens is 232 g/mol. The summed E-state index contributed by atoms with van der Waals surface area (Å²) in [6, 6.07) is 5.06. The van der Waals surface area contributed by atoms with Gasteiger partial charge in [0, 0.05) is 30.2 Å². The van der Waals surface area contributed by atoms with Crippen molar-refractivity contribution in [1.29, 1.82) is 0 Å². The van der Waals surface area contributed by atoms with Crippen molar-refractivity contribution < 1.29 is 0 Å². The van der Waals surface area contributed by atoms with E-state index in [9.17, 15) is 0 Å². The number of hydrogen-bond donors (Lipinski definition) is 1. The second kappa shape index (κ2) is 4.97. The van der Waals surface area contributed by atoms with Crippen molar-refractivity contribution in [2.75, 3.05) is 6.54 Å². The molecule has 1 heterocycles. The van der Waals surface area contributed by atoms with E-state index in [-0.39, 0.29) is 0 Å². The summed E-state index contributed by atoms with van der Waals surface area (Å²) in [5.74, 6) is 0. The highest BCUT2D eigenvalue weighted by Crippen LogP contribution is 2.38. The second-order valence-electron chi connectivity index (χ2n) is 4.92. The number of hydrogen-bond acceptors (Lipinski definition) is 2. The minimum Gasteiger partial charge on any atom is -0.329 e. The highest BCUT2D eigenvalue weighted by molar-refractivity contribution is 6.31. The summed E-state index contributed by atoms with van der Waals surface area (Å²) in [6.45, 7) is 8.26. The van der Waals surface area contributed by atoms with Crippen LogP contribution in [0.15, 0.2) is 12.1 Å². The van der Waals surface area contributed by atoms with E-state index in [4.69, 9.17) is 17.3 Å². The van der Waals surface area contributed by atoms with Crippen LogP contribution in [0.2, 0.25) is 5.02 Å². The Morgan fingerprint density at radius 1 is 1.53 bits per heavy atom. The first kappa shape index (κ1) is 12.9. The highest BCUT2D eigenvalue weighted by atomic mass is 35.5. The third kappa shape index (κ3) is 2.10. The van der Waals surface area contributed by atoms with E-state index >= 15 is 0 Å². The Bertz CT molecular complexity index is 417. The summed E-state index contributed by atoms with van der Waals surface area (Å²) in [5.41, 5.74) is 9.91. The van der Waals surface area contributed by atoms with Crippen LogP contribution in [0, 0.1) is 6.92 Å². The van der Waals surface area contributed by atoms with Gasteiger partial charge in [-0.05, 0) is 43.0 Å². The van der Waals surface area contributed by atoms with Gasteiger partial charge in [-0.25, -0.2) is 0 Å². The van der Waals surface area contributed by atoms with Gasteiger partial charge in [0.05, 0.1) is 0 Å². The lowest BCUT2D eigenvalue weighted by atomic mass is 10.0. The first-order chi connectivity index (χ1) is 8.10. The Balaban J connectivity index is 2.41. The maximum atomic E-state index is 6.19. The molecular formula is C14H21ClN2. The van der Waals surface area contributed by atoms with Crippen molar-refractivity contribution in [1.82, 2.24) is 4.90 Å². The molecule has 2 atom stereocenters. The molecule has 0 spiro atoms. The summed E-state index contributed by atoms with van der Waals surface area (Å²) < 4.78 is 0. The lowest BCUT2D eigenvalue weighted by Gasteiger charge is -2.29. The summed E-state index contributed by atoms with van der Waals surface area (Å²) in [6.07, 6.45) is 1.15. The zero-order valence-corrected chi connectivity index (χ0v) is 11.6. The molecule has 2 nitrogen and oxygen atoms in total. The van der Waals surface area contributed by atoms with Crippen molar-refractivity contribution in [3.8, 4) is 0 Å². The van der Waals surface area contributed by atoms with Gasteiger partial charge in [0.1, 0.15) is 0 Å². The molecule has 1 aromatic rings. The first-order valence-corrected chi connectivity index (χ1v) is 6.71. The van der Waals surface area contributed by atoms with Crippen LogP contribution < -0.4 is 5.73 Å². The quantitative estimate of drug-likeness (QED) is 0.895. The Morgan fingerprint density at radius 2 is 2.24 bits per heavy atom. The lowest BCUT2D eigenvalue weighted by molar-refractivity contribution is 0.157. The van der Waals surface area contributed by atoms with E-state index in [1.54, 1.807) is 0 Å². The molecule has 0 amide bonds. The molecule has 0 radical (unpaired) electrons. The van der Waals surface area contributed by atoms with Gasteiger partial charge in [-0.1, -0.05) is 24.6 Å². The predicted molar refractivity (Wildman–Crippen MR) is 73.3 cm³/mol. The Hall–Kier alpha value is -0.570. The number of nitrogens with zero attached hydrogens (tertiary/aromatic N) is 1. The summed E-state index contributed by atoms with van der Waals surface area (Å²) >= 11 is 6.19. The smallest absolute Gasteiger partial charge is 0.0480 e. The fraction of sp³-hybridized carbons (Fsp3) is 0.571. The Kier molecular flexibility index (Phi) is 3.76. The van der Waals surface area contributed by atoms with Crippen molar-refractivity contribution in [3.05, 3.63) is 33.8 Å². The van der Waals surface area contributed by atoms with Crippen LogP contribution >= 0.6 is 11.6 Å². The van der Waals surface area contributed by atoms with Crippen LogP contribution in [0.3, 0.4) is 0 Å². The Morgan fingerprint density at radius 3 is 2.82 bits per heavy atom. The van der Waals surface area contributed by atoms with Gasteiger partial charge < -0.3 is 5.73 Å². The minimum absolute atomic E-state index is 0.357. The normalized spacial score (nSPS) is 21.6. The molecule has 1 aliphatic heterocycles. The maximum Gasteiger partial charge on any atom is 0.0480 e. The molecule has 0 bridgehead atoms. The van der Waals surface area contributed by atoms with E-state index in [1.165, 1.54) is 16.7 Å². The molecule has 17 heavy (non-hydrogen) atoms. The average Bonchev–Trinajstić information content (AvgIpc) is 2.72. The van der Waals surface area contributed by atoms with Gasteiger partial charge in [-0.15, -0.1) is 0 Å². The van der Waals surface area contributed by atoms with Crippen LogP contribution in [0.4, 0.5) is 0 Å². The molecule has 2 unspecified atom stereocenters. The van der Waals surface area contributed by atoms with Crippen LogP contribution in [0.1, 0.15) is 43.0 Å². The Labute approximate surface area is 109 Å². The zero-order valence-electron chi connectivity index (χ0n) is 10.8. The van der Waals surface area contributed by atoms with Gasteiger partial charge in [-0.2, -0.15) is 0 Å². The van der Waals surface area contributed by atoms with Crippen molar-refractivity contribution >= 4 is 11.6 Å². The zero-order chi connectivity index (χ0) is 12.6. The van der Waals surface area contributed by atoms with Crippen LogP contribution in [0.5, 0.6) is 0 Å². The number of halogens is 1. The monoisotopic (exact) mass is 252 g/mol. The second-order valence-corrected chi connectivity index (χ2v) is 5.33.